The Labute approximate surface area is 176 Å². The van der Waals surface area contributed by atoms with Crippen LogP contribution in [0.3, 0.4) is 0 Å². The van der Waals surface area contributed by atoms with Gasteiger partial charge in [-0.3, -0.25) is 4.99 Å². The van der Waals surface area contributed by atoms with E-state index < -0.39 is 0 Å². The zero-order valence-corrected chi connectivity index (χ0v) is 17.1. The van der Waals surface area contributed by atoms with Gasteiger partial charge in [0.25, 0.3) is 0 Å². The Morgan fingerprint density at radius 3 is 2.41 bits per heavy atom. The number of ether oxygens (including phenoxy) is 1. The Morgan fingerprint density at radius 1 is 1.07 bits per heavy atom. The fourth-order valence-electron chi connectivity index (χ4n) is 4.50. The number of benzene rings is 2. The molecule has 2 aliphatic heterocycles. The standard InChI is InChI=1S/C24H24ClN3O/c1-29-20-14-19(25)15-28-22(17-6-3-2-4-7-17)21(27-23(20)28)16-8-10-18(11-9-16)24(26)12-5-13-24/h2-4,6-11,14-15,21-22H,5,12-13,26H2,1H3. The average molecular weight is 406 g/mol. The van der Waals surface area contributed by atoms with E-state index in [0.717, 1.165) is 24.2 Å². The molecule has 2 unspecified atom stereocenters. The van der Waals surface area contributed by atoms with Crippen LogP contribution in [0.4, 0.5) is 0 Å². The van der Waals surface area contributed by atoms with Crippen molar-refractivity contribution in [2.24, 2.45) is 10.7 Å². The van der Waals surface area contributed by atoms with Gasteiger partial charge in [0, 0.05) is 17.8 Å². The number of nitrogens with two attached hydrogens (primary N) is 1. The lowest BCUT2D eigenvalue weighted by Crippen LogP contribution is -2.43. The first kappa shape index (κ1) is 18.5. The predicted octanol–water partition coefficient (Wildman–Crippen LogP) is 5.15. The second-order valence-electron chi connectivity index (χ2n) is 8.02. The van der Waals surface area contributed by atoms with Crippen molar-refractivity contribution in [2.45, 2.75) is 36.9 Å². The molecular weight excluding hydrogens is 382 g/mol. The van der Waals surface area contributed by atoms with Gasteiger partial charge in [-0.05, 0) is 36.0 Å². The molecular formula is C24H24ClN3O. The lowest BCUT2D eigenvalue weighted by molar-refractivity contribution is 0.253. The smallest absolute Gasteiger partial charge is 0.172 e. The molecule has 4 nitrogen and oxygen atoms in total. The number of amidine groups is 1. The lowest BCUT2D eigenvalue weighted by Gasteiger charge is -2.38. The quantitative estimate of drug-likeness (QED) is 0.765. The highest BCUT2D eigenvalue weighted by atomic mass is 35.5. The minimum absolute atomic E-state index is 0.0141. The second kappa shape index (κ2) is 7.05. The summed E-state index contributed by atoms with van der Waals surface area (Å²) in [5.74, 6) is 1.50. The number of hydrogen-bond acceptors (Lipinski definition) is 4. The highest BCUT2D eigenvalue weighted by molar-refractivity contribution is 6.32. The third-order valence-electron chi connectivity index (χ3n) is 6.29. The topological polar surface area (TPSA) is 50.8 Å². The fourth-order valence-corrected chi connectivity index (χ4v) is 4.71. The minimum Gasteiger partial charge on any atom is -0.493 e. The fraction of sp³-hybridized carbons (Fsp3) is 0.292. The number of rotatable bonds is 4. The van der Waals surface area contributed by atoms with Crippen molar-refractivity contribution in [2.75, 3.05) is 7.11 Å². The van der Waals surface area contributed by atoms with Crippen LogP contribution in [0.15, 0.2) is 82.7 Å². The summed E-state index contributed by atoms with van der Waals surface area (Å²) in [5.41, 5.74) is 9.92. The second-order valence-corrected chi connectivity index (χ2v) is 8.46. The molecule has 29 heavy (non-hydrogen) atoms. The zero-order valence-electron chi connectivity index (χ0n) is 16.4. The summed E-state index contributed by atoms with van der Waals surface area (Å²) in [6, 6.07) is 19.1. The summed E-state index contributed by atoms with van der Waals surface area (Å²) >= 11 is 6.39. The monoisotopic (exact) mass is 405 g/mol. The first-order valence-electron chi connectivity index (χ1n) is 10.0. The van der Waals surface area contributed by atoms with Crippen molar-refractivity contribution < 1.29 is 4.74 Å². The number of hydrogen-bond donors (Lipinski definition) is 1. The van der Waals surface area contributed by atoms with E-state index in [1.807, 2.05) is 18.3 Å². The molecule has 5 heteroatoms. The summed E-state index contributed by atoms with van der Waals surface area (Å²) in [7, 11) is 1.65. The third kappa shape index (κ3) is 3.07. The van der Waals surface area contributed by atoms with Gasteiger partial charge >= 0.3 is 0 Å². The average Bonchev–Trinajstić information content (AvgIpc) is 3.11. The summed E-state index contributed by atoms with van der Waals surface area (Å²) in [6.45, 7) is 0. The number of halogens is 1. The van der Waals surface area contributed by atoms with Gasteiger partial charge in [-0.2, -0.15) is 0 Å². The van der Waals surface area contributed by atoms with E-state index in [2.05, 4.69) is 53.4 Å². The molecule has 0 bridgehead atoms. The Balaban J connectivity index is 1.56. The van der Waals surface area contributed by atoms with E-state index in [1.54, 1.807) is 7.11 Å². The summed E-state index contributed by atoms with van der Waals surface area (Å²) in [4.78, 5) is 7.20. The molecule has 2 aromatic carbocycles. The van der Waals surface area contributed by atoms with Gasteiger partial charge in [0.15, 0.2) is 11.6 Å². The van der Waals surface area contributed by atoms with Crippen LogP contribution in [0.1, 0.15) is 48.0 Å². The van der Waals surface area contributed by atoms with Gasteiger partial charge in [-0.15, -0.1) is 0 Å². The first-order valence-corrected chi connectivity index (χ1v) is 10.4. The largest absolute Gasteiger partial charge is 0.493 e. The molecule has 3 aliphatic rings. The molecule has 1 fully saturated rings. The molecule has 148 valence electrons. The number of allylic oxidation sites excluding steroid dienone is 2. The molecule has 0 spiro atoms. The van der Waals surface area contributed by atoms with Crippen molar-refractivity contribution in [3.05, 3.63) is 94.4 Å². The van der Waals surface area contributed by atoms with Crippen molar-refractivity contribution in [3.8, 4) is 0 Å². The summed E-state index contributed by atoms with van der Waals surface area (Å²) in [6.07, 6.45) is 7.09. The number of fused-ring (bicyclic) bond motifs is 1. The molecule has 2 N–H and O–H groups in total. The van der Waals surface area contributed by atoms with E-state index in [1.165, 1.54) is 17.5 Å². The Hall–Kier alpha value is -2.56. The number of methoxy groups -OCH3 is 1. The summed E-state index contributed by atoms with van der Waals surface area (Å²) < 4.78 is 5.58. The molecule has 0 saturated heterocycles. The van der Waals surface area contributed by atoms with Crippen LogP contribution in [0.2, 0.25) is 0 Å². The van der Waals surface area contributed by atoms with Gasteiger partial charge in [0.05, 0.1) is 18.2 Å². The zero-order chi connectivity index (χ0) is 20.0. The van der Waals surface area contributed by atoms with Crippen LogP contribution in [0.5, 0.6) is 0 Å². The van der Waals surface area contributed by atoms with Crippen LogP contribution in [0.25, 0.3) is 0 Å². The van der Waals surface area contributed by atoms with Gasteiger partial charge in [0.2, 0.25) is 0 Å². The molecule has 2 heterocycles. The van der Waals surface area contributed by atoms with Crippen LogP contribution < -0.4 is 5.73 Å². The molecule has 2 atom stereocenters. The minimum atomic E-state index is -0.154. The first-order chi connectivity index (χ1) is 14.1. The Kier molecular flexibility index (Phi) is 4.49. The van der Waals surface area contributed by atoms with E-state index in [4.69, 9.17) is 27.1 Å². The maximum Gasteiger partial charge on any atom is 0.172 e. The number of aliphatic imine (C=N–C) groups is 1. The van der Waals surface area contributed by atoms with Crippen molar-refractivity contribution >= 4 is 17.4 Å². The predicted molar refractivity (Wildman–Crippen MR) is 116 cm³/mol. The third-order valence-corrected chi connectivity index (χ3v) is 6.50. The molecule has 1 saturated carbocycles. The molecule has 2 aromatic rings. The van der Waals surface area contributed by atoms with E-state index in [9.17, 15) is 0 Å². The SMILES string of the molecule is COC1=CC(Cl)=CN2C1=NC(c1ccc(C3(N)CCC3)cc1)C2c1ccccc1. The van der Waals surface area contributed by atoms with Crippen molar-refractivity contribution in [1.29, 1.82) is 0 Å². The molecule has 0 radical (unpaired) electrons. The molecule has 5 rings (SSSR count). The van der Waals surface area contributed by atoms with Crippen LogP contribution in [0, 0.1) is 0 Å². The highest BCUT2D eigenvalue weighted by Crippen LogP contribution is 2.46. The maximum atomic E-state index is 6.51. The maximum absolute atomic E-state index is 6.51. The lowest BCUT2D eigenvalue weighted by atomic mass is 9.72. The van der Waals surface area contributed by atoms with Gasteiger partial charge in [-0.1, -0.05) is 66.2 Å². The van der Waals surface area contributed by atoms with Crippen LogP contribution in [-0.4, -0.2) is 17.8 Å². The van der Waals surface area contributed by atoms with Gasteiger partial charge in [-0.25, -0.2) is 0 Å². The van der Waals surface area contributed by atoms with E-state index in [0.29, 0.717) is 10.8 Å². The summed E-state index contributed by atoms with van der Waals surface area (Å²) in [5, 5.41) is 0.632. The van der Waals surface area contributed by atoms with Crippen molar-refractivity contribution in [3.63, 3.8) is 0 Å². The number of nitrogens with zero attached hydrogens (tertiary/aromatic N) is 2. The Bertz CT molecular complexity index is 1010. The van der Waals surface area contributed by atoms with Gasteiger partial charge < -0.3 is 15.4 Å². The van der Waals surface area contributed by atoms with E-state index >= 15 is 0 Å². The van der Waals surface area contributed by atoms with E-state index in [-0.39, 0.29) is 17.6 Å². The van der Waals surface area contributed by atoms with Crippen LogP contribution >= 0.6 is 11.6 Å². The van der Waals surface area contributed by atoms with Crippen LogP contribution in [-0.2, 0) is 10.3 Å². The Morgan fingerprint density at radius 2 is 1.79 bits per heavy atom. The van der Waals surface area contributed by atoms with Crippen molar-refractivity contribution in [1.82, 2.24) is 4.90 Å². The molecule has 1 aliphatic carbocycles. The molecule has 0 aromatic heterocycles. The van der Waals surface area contributed by atoms with Gasteiger partial charge in [0.1, 0.15) is 6.04 Å². The highest BCUT2D eigenvalue weighted by Gasteiger charge is 2.41. The molecule has 0 amide bonds. The normalized spacial score (nSPS) is 24.8.